The molecule has 1 unspecified atom stereocenters. The van der Waals surface area contributed by atoms with Crippen molar-refractivity contribution in [3.05, 3.63) is 35.9 Å². The van der Waals surface area contributed by atoms with Crippen molar-refractivity contribution in [2.45, 2.75) is 44.2 Å². The minimum atomic E-state index is -0.588. The fourth-order valence-electron chi connectivity index (χ4n) is 2.82. The number of amides is 2. The number of carbonyl (C=O) groups is 3. The highest BCUT2D eigenvalue weighted by Crippen LogP contribution is 2.22. The van der Waals surface area contributed by atoms with E-state index in [1.54, 1.807) is 4.90 Å². The van der Waals surface area contributed by atoms with E-state index >= 15 is 0 Å². The summed E-state index contributed by atoms with van der Waals surface area (Å²) >= 11 is 0. The van der Waals surface area contributed by atoms with Gasteiger partial charge >= 0.3 is 0 Å². The number of nitrogens with one attached hydrogen (secondary N) is 1. The van der Waals surface area contributed by atoms with Gasteiger partial charge in [0.25, 0.3) is 5.91 Å². The third-order valence-corrected chi connectivity index (χ3v) is 4.25. The summed E-state index contributed by atoms with van der Waals surface area (Å²) in [6.45, 7) is 0.482. The van der Waals surface area contributed by atoms with Crippen molar-refractivity contribution in [2.24, 2.45) is 0 Å². The summed E-state index contributed by atoms with van der Waals surface area (Å²) in [5, 5.41) is 2.71. The second-order valence-electron chi connectivity index (χ2n) is 5.99. The van der Waals surface area contributed by atoms with Crippen LogP contribution in [0.2, 0.25) is 0 Å². The van der Waals surface area contributed by atoms with E-state index < -0.39 is 17.7 Å². The monoisotopic (exact) mass is 300 g/mol. The Balaban J connectivity index is 1.61. The average Bonchev–Trinajstić information content (AvgIpc) is 3.27. The summed E-state index contributed by atoms with van der Waals surface area (Å²) in [7, 11) is 0. The maximum Gasteiger partial charge on any atom is 0.289 e. The van der Waals surface area contributed by atoms with Crippen molar-refractivity contribution in [2.75, 3.05) is 6.54 Å². The lowest BCUT2D eigenvalue weighted by molar-refractivity contribution is -0.142. The van der Waals surface area contributed by atoms with Gasteiger partial charge in [0, 0.05) is 19.0 Å². The number of nitrogens with zero attached hydrogens (tertiary/aromatic N) is 1. The highest BCUT2D eigenvalue weighted by atomic mass is 16.2. The number of hydrogen-bond donors (Lipinski definition) is 1. The standard InChI is InChI=1S/C17H20N2O3/c20-15-9-8-14(16(21)17(22)18-13-6-7-13)19(15)11-10-12-4-2-1-3-5-12/h1-5,13-14H,6-11H2,(H,18,22). The van der Waals surface area contributed by atoms with Crippen LogP contribution in [0.3, 0.4) is 0 Å². The van der Waals surface area contributed by atoms with Crippen LogP contribution in [-0.2, 0) is 20.8 Å². The van der Waals surface area contributed by atoms with Gasteiger partial charge in [0.05, 0.1) is 0 Å². The number of ketones is 1. The maximum atomic E-state index is 12.3. The molecule has 1 saturated heterocycles. The lowest BCUT2D eigenvalue weighted by Gasteiger charge is -2.23. The molecule has 5 nitrogen and oxygen atoms in total. The van der Waals surface area contributed by atoms with Crippen LogP contribution in [0.15, 0.2) is 30.3 Å². The van der Waals surface area contributed by atoms with E-state index in [9.17, 15) is 14.4 Å². The summed E-state index contributed by atoms with van der Waals surface area (Å²) < 4.78 is 0. The van der Waals surface area contributed by atoms with Crippen molar-refractivity contribution in [3.63, 3.8) is 0 Å². The highest BCUT2D eigenvalue weighted by Gasteiger charge is 2.39. The van der Waals surface area contributed by atoms with Crippen LogP contribution in [0.25, 0.3) is 0 Å². The van der Waals surface area contributed by atoms with E-state index in [1.807, 2.05) is 30.3 Å². The number of carbonyl (C=O) groups excluding carboxylic acids is 3. The Labute approximate surface area is 129 Å². The average molecular weight is 300 g/mol. The molecule has 1 saturated carbocycles. The number of benzene rings is 1. The molecule has 1 aromatic carbocycles. The van der Waals surface area contributed by atoms with Gasteiger partial charge in [-0.25, -0.2) is 0 Å². The van der Waals surface area contributed by atoms with Gasteiger partial charge in [-0.2, -0.15) is 0 Å². The Bertz CT molecular complexity index is 581. The molecule has 5 heteroatoms. The molecule has 2 amide bonds. The third kappa shape index (κ3) is 3.35. The summed E-state index contributed by atoms with van der Waals surface area (Å²) in [6, 6.07) is 9.41. The summed E-state index contributed by atoms with van der Waals surface area (Å²) in [6.07, 6.45) is 3.38. The fraction of sp³-hybridized carbons (Fsp3) is 0.471. The fourth-order valence-corrected chi connectivity index (χ4v) is 2.82. The normalized spacial score (nSPS) is 21.0. The second kappa shape index (κ2) is 6.30. The van der Waals surface area contributed by atoms with E-state index in [1.165, 1.54) is 0 Å². The van der Waals surface area contributed by atoms with Gasteiger partial charge in [-0.05, 0) is 31.2 Å². The smallest absolute Gasteiger partial charge is 0.289 e. The van der Waals surface area contributed by atoms with Crippen LogP contribution < -0.4 is 5.32 Å². The molecule has 116 valence electrons. The number of rotatable bonds is 6. The predicted octanol–water partition coefficient (Wildman–Crippen LogP) is 1.07. The van der Waals surface area contributed by atoms with Crippen molar-refractivity contribution in [1.29, 1.82) is 0 Å². The van der Waals surface area contributed by atoms with E-state index in [0.717, 1.165) is 18.4 Å². The van der Waals surface area contributed by atoms with Gasteiger partial charge in [-0.15, -0.1) is 0 Å². The molecule has 1 atom stereocenters. The molecule has 0 radical (unpaired) electrons. The van der Waals surface area contributed by atoms with Crippen LogP contribution in [0, 0.1) is 0 Å². The zero-order valence-corrected chi connectivity index (χ0v) is 12.5. The Morgan fingerprint density at radius 1 is 1.14 bits per heavy atom. The van der Waals surface area contributed by atoms with Gasteiger partial charge in [-0.3, -0.25) is 14.4 Å². The second-order valence-corrected chi connectivity index (χ2v) is 5.99. The molecule has 2 aliphatic rings. The van der Waals surface area contributed by atoms with Crippen LogP contribution in [-0.4, -0.2) is 41.1 Å². The number of hydrogen-bond acceptors (Lipinski definition) is 3. The molecule has 1 aliphatic heterocycles. The molecule has 1 N–H and O–H groups in total. The first-order valence-electron chi connectivity index (χ1n) is 7.83. The molecule has 0 bridgehead atoms. The first kappa shape index (κ1) is 14.8. The van der Waals surface area contributed by atoms with E-state index in [-0.39, 0.29) is 11.9 Å². The van der Waals surface area contributed by atoms with Gasteiger partial charge in [0.2, 0.25) is 11.7 Å². The summed E-state index contributed by atoms with van der Waals surface area (Å²) in [5.74, 6) is -1.04. The largest absolute Gasteiger partial charge is 0.347 e. The minimum Gasteiger partial charge on any atom is -0.347 e. The summed E-state index contributed by atoms with van der Waals surface area (Å²) in [4.78, 5) is 37.8. The van der Waals surface area contributed by atoms with Crippen molar-refractivity contribution in [1.82, 2.24) is 10.2 Å². The number of Topliss-reactive ketones (excluding diaryl/α,β-unsaturated/α-hetero) is 1. The van der Waals surface area contributed by atoms with Crippen molar-refractivity contribution < 1.29 is 14.4 Å². The van der Waals surface area contributed by atoms with Gasteiger partial charge < -0.3 is 10.2 Å². The third-order valence-electron chi connectivity index (χ3n) is 4.25. The Morgan fingerprint density at radius 3 is 2.55 bits per heavy atom. The van der Waals surface area contributed by atoms with Gasteiger partial charge in [-0.1, -0.05) is 30.3 Å². The topological polar surface area (TPSA) is 66.5 Å². The van der Waals surface area contributed by atoms with Crippen LogP contribution >= 0.6 is 0 Å². The molecular weight excluding hydrogens is 280 g/mol. The Kier molecular flexibility index (Phi) is 4.22. The molecule has 2 fully saturated rings. The Morgan fingerprint density at radius 2 is 1.86 bits per heavy atom. The predicted molar refractivity (Wildman–Crippen MR) is 81.1 cm³/mol. The molecule has 0 spiro atoms. The molecule has 1 aliphatic carbocycles. The minimum absolute atomic E-state index is 0.0338. The quantitative estimate of drug-likeness (QED) is 0.799. The van der Waals surface area contributed by atoms with Gasteiger partial charge in [0.15, 0.2) is 0 Å². The van der Waals surface area contributed by atoms with Crippen LogP contribution in [0.1, 0.15) is 31.2 Å². The van der Waals surface area contributed by atoms with E-state index in [0.29, 0.717) is 25.8 Å². The lowest BCUT2D eigenvalue weighted by Crippen LogP contribution is -2.46. The van der Waals surface area contributed by atoms with E-state index in [4.69, 9.17) is 0 Å². The number of likely N-dealkylation sites (tertiary alicyclic amines) is 1. The first-order chi connectivity index (χ1) is 10.6. The molecule has 1 heterocycles. The zero-order chi connectivity index (χ0) is 15.5. The molecule has 0 aromatic heterocycles. The molecule has 1 aromatic rings. The van der Waals surface area contributed by atoms with Crippen molar-refractivity contribution in [3.8, 4) is 0 Å². The van der Waals surface area contributed by atoms with Crippen molar-refractivity contribution >= 4 is 17.6 Å². The van der Waals surface area contributed by atoms with Crippen LogP contribution in [0.5, 0.6) is 0 Å². The van der Waals surface area contributed by atoms with Gasteiger partial charge in [0.1, 0.15) is 6.04 Å². The molecular formula is C17H20N2O3. The maximum absolute atomic E-state index is 12.3. The molecule has 3 rings (SSSR count). The molecule has 22 heavy (non-hydrogen) atoms. The zero-order valence-electron chi connectivity index (χ0n) is 12.5. The highest BCUT2D eigenvalue weighted by molar-refractivity contribution is 6.38. The Hall–Kier alpha value is -2.17. The van der Waals surface area contributed by atoms with E-state index in [2.05, 4.69) is 5.32 Å². The summed E-state index contributed by atoms with van der Waals surface area (Å²) in [5.41, 5.74) is 1.12. The first-order valence-corrected chi connectivity index (χ1v) is 7.83. The van der Waals surface area contributed by atoms with Crippen LogP contribution in [0.4, 0.5) is 0 Å². The SMILES string of the molecule is O=C(NC1CC1)C(=O)C1CCC(=O)N1CCc1ccccc1. The lowest BCUT2D eigenvalue weighted by atomic mass is 10.1.